The van der Waals surface area contributed by atoms with Crippen LogP contribution in [0.25, 0.3) is 0 Å². The molecule has 0 saturated carbocycles. The first-order valence-corrected chi connectivity index (χ1v) is 9.54. The third-order valence-electron chi connectivity index (χ3n) is 4.59. The molecule has 2 aliphatic heterocycles. The van der Waals surface area contributed by atoms with E-state index in [1.165, 1.54) is 19.3 Å². The number of nitrogens with zero attached hydrogens (tertiary/aromatic N) is 3. The molecule has 0 bridgehead atoms. The fourth-order valence-corrected chi connectivity index (χ4v) is 4.49. The predicted octanol–water partition coefficient (Wildman–Crippen LogP) is 3.58. The second-order valence-electron chi connectivity index (χ2n) is 6.15. The van der Waals surface area contributed by atoms with Gasteiger partial charge in [-0.3, -0.25) is 14.7 Å². The van der Waals surface area contributed by atoms with Crippen LogP contribution in [0.15, 0.2) is 21.2 Å². The lowest BCUT2D eigenvalue weighted by molar-refractivity contribution is -0.128. The Balaban J connectivity index is 1.68. The van der Waals surface area contributed by atoms with Gasteiger partial charge in [-0.2, -0.15) is 0 Å². The zero-order valence-corrected chi connectivity index (χ0v) is 15.8. The number of carbonyl (C=O) groups excluding carboxylic acids is 1. The quantitative estimate of drug-likeness (QED) is 0.732. The van der Waals surface area contributed by atoms with Crippen molar-refractivity contribution in [2.45, 2.75) is 44.7 Å². The number of hydrogen-bond acceptors (Lipinski definition) is 3. The Morgan fingerprint density at radius 3 is 2.82 bits per heavy atom. The molecule has 0 aromatic carbocycles. The highest BCUT2D eigenvalue weighted by molar-refractivity contribution is 9.11. The van der Waals surface area contributed by atoms with Crippen molar-refractivity contribution in [2.75, 3.05) is 19.6 Å². The van der Waals surface area contributed by atoms with Crippen molar-refractivity contribution < 1.29 is 4.79 Å². The van der Waals surface area contributed by atoms with Crippen LogP contribution in [0.3, 0.4) is 0 Å². The van der Waals surface area contributed by atoms with E-state index in [9.17, 15) is 4.79 Å². The lowest BCUT2D eigenvalue weighted by Gasteiger charge is -2.37. The van der Waals surface area contributed by atoms with Crippen molar-refractivity contribution in [1.29, 1.82) is 0 Å². The van der Waals surface area contributed by atoms with Crippen LogP contribution in [0.5, 0.6) is 0 Å². The maximum Gasteiger partial charge on any atom is 0.222 e. The van der Waals surface area contributed by atoms with Gasteiger partial charge in [-0.25, -0.2) is 0 Å². The zero-order valence-electron chi connectivity index (χ0n) is 12.6. The van der Waals surface area contributed by atoms with Crippen LogP contribution in [0.4, 0.5) is 0 Å². The molecule has 0 unspecified atom stereocenters. The first kappa shape index (κ1) is 16.4. The van der Waals surface area contributed by atoms with Crippen LogP contribution in [0, 0.1) is 0 Å². The maximum atomic E-state index is 11.9. The van der Waals surface area contributed by atoms with E-state index in [4.69, 9.17) is 0 Å². The Kier molecular flexibility index (Phi) is 5.52. The standard InChI is InChI=1S/C16H21Br2N3O/c17-12-8-14(18)15(19-9-12)11-20-6-2-1-4-13(20)10-21-7-3-5-16(21)22/h8-9,13H,1-7,10-11H2/t13-/m0/s1. The van der Waals surface area contributed by atoms with Crippen LogP contribution >= 0.6 is 31.9 Å². The number of halogens is 2. The minimum absolute atomic E-state index is 0.327. The van der Waals surface area contributed by atoms with Crippen molar-refractivity contribution >= 4 is 37.8 Å². The van der Waals surface area contributed by atoms with Gasteiger partial charge in [-0.1, -0.05) is 6.42 Å². The summed E-state index contributed by atoms with van der Waals surface area (Å²) in [7, 11) is 0. The fraction of sp³-hybridized carbons (Fsp3) is 0.625. The molecular formula is C16H21Br2N3O. The SMILES string of the molecule is O=C1CCCN1C[C@@H]1CCCCN1Cc1ncc(Br)cc1Br. The van der Waals surface area contributed by atoms with Gasteiger partial charge in [0.25, 0.3) is 0 Å². The van der Waals surface area contributed by atoms with Crippen molar-refractivity contribution in [3.05, 3.63) is 26.9 Å². The molecule has 1 atom stereocenters. The summed E-state index contributed by atoms with van der Waals surface area (Å²) < 4.78 is 2.03. The first-order valence-electron chi connectivity index (χ1n) is 7.95. The fourth-order valence-electron chi connectivity index (χ4n) is 3.38. The van der Waals surface area contributed by atoms with E-state index in [1.807, 2.05) is 17.2 Å². The molecule has 1 aromatic heterocycles. The molecule has 2 saturated heterocycles. The number of rotatable bonds is 4. The molecule has 0 aliphatic carbocycles. The van der Waals surface area contributed by atoms with Crippen LogP contribution < -0.4 is 0 Å². The summed E-state index contributed by atoms with van der Waals surface area (Å²) in [6, 6.07) is 2.51. The molecule has 2 aliphatic rings. The Hall–Kier alpha value is -0.460. The van der Waals surface area contributed by atoms with E-state index in [2.05, 4.69) is 41.7 Å². The summed E-state index contributed by atoms with van der Waals surface area (Å²) in [6.07, 6.45) is 7.27. The summed E-state index contributed by atoms with van der Waals surface area (Å²) in [5.74, 6) is 0.327. The van der Waals surface area contributed by atoms with Gasteiger partial charge in [0.2, 0.25) is 5.91 Å². The third kappa shape index (κ3) is 3.89. The molecule has 2 fully saturated rings. The van der Waals surface area contributed by atoms with Crippen molar-refractivity contribution in [3.8, 4) is 0 Å². The van der Waals surface area contributed by atoms with E-state index in [-0.39, 0.29) is 0 Å². The van der Waals surface area contributed by atoms with Crippen LogP contribution in [-0.4, -0.2) is 46.4 Å². The average molecular weight is 431 g/mol. The van der Waals surface area contributed by atoms with Gasteiger partial charge in [-0.15, -0.1) is 0 Å². The first-order chi connectivity index (χ1) is 10.6. The minimum Gasteiger partial charge on any atom is -0.341 e. The van der Waals surface area contributed by atoms with Crippen molar-refractivity contribution in [3.63, 3.8) is 0 Å². The molecule has 3 rings (SSSR count). The molecule has 120 valence electrons. The molecule has 4 nitrogen and oxygen atoms in total. The summed E-state index contributed by atoms with van der Waals surface area (Å²) in [6.45, 7) is 3.76. The Labute approximate surface area is 148 Å². The summed E-state index contributed by atoms with van der Waals surface area (Å²) >= 11 is 7.06. The zero-order chi connectivity index (χ0) is 15.5. The summed E-state index contributed by atoms with van der Waals surface area (Å²) in [5.41, 5.74) is 1.07. The molecule has 0 spiro atoms. The van der Waals surface area contributed by atoms with E-state index >= 15 is 0 Å². The number of amides is 1. The summed E-state index contributed by atoms with van der Waals surface area (Å²) in [5, 5.41) is 0. The normalized spacial score (nSPS) is 23.3. The van der Waals surface area contributed by atoms with Gasteiger partial charge in [0.1, 0.15) is 0 Å². The highest BCUT2D eigenvalue weighted by Gasteiger charge is 2.29. The van der Waals surface area contributed by atoms with E-state index in [0.29, 0.717) is 11.9 Å². The average Bonchev–Trinajstić information content (AvgIpc) is 2.89. The molecule has 22 heavy (non-hydrogen) atoms. The summed E-state index contributed by atoms with van der Waals surface area (Å²) in [4.78, 5) is 21.0. The van der Waals surface area contributed by atoms with E-state index < -0.39 is 0 Å². The van der Waals surface area contributed by atoms with E-state index in [0.717, 1.165) is 53.7 Å². The number of aromatic nitrogens is 1. The molecular weight excluding hydrogens is 410 g/mol. The van der Waals surface area contributed by atoms with Gasteiger partial charge in [-0.05, 0) is 63.7 Å². The number of likely N-dealkylation sites (tertiary alicyclic amines) is 2. The Morgan fingerprint density at radius 2 is 2.09 bits per heavy atom. The third-order valence-corrected chi connectivity index (χ3v) is 5.71. The van der Waals surface area contributed by atoms with Crippen molar-refractivity contribution in [2.24, 2.45) is 0 Å². The number of hydrogen-bond donors (Lipinski definition) is 0. The molecule has 1 amide bonds. The second-order valence-corrected chi connectivity index (χ2v) is 7.92. The topological polar surface area (TPSA) is 36.4 Å². The minimum atomic E-state index is 0.327. The second kappa shape index (κ2) is 7.41. The van der Waals surface area contributed by atoms with Gasteiger partial charge in [0, 0.05) is 47.2 Å². The van der Waals surface area contributed by atoms with Crippen LogP contribution in [0.1, 0.15) is 37.8 Å². The monoisotopic (exact) mass is 429 g/mol. The Bertz CT molecular complexity index is 552. The van der Waals surface area contributed by atoms with Gasteiger partial charge in [0.15, 0.2) is 0 Å². The molecule has 3 heterocycles. The van der Waals surface area contributed by atoms with E-state index in [1.54, 1.807) is 0 Å². The highest BCUT2D eigenvalue weighted by atomic mass is 79.9. The van der Waals surface area contributed by atoms with Crippen molar-refractivity contribution in [1.82, 2.24) is 14.8 Å². The lowest BCUT2D eigenvalue weighted by atomic mass is 10.0. The smallest absolute Gasteiger partial charge is 0.222 e. The predicted molar refractivity (Wildman–Crippen MR) is 93.5 cm³/mol. The maximum absolute atomic E-state index is 11.9. The van der Waals surface area contributed by atoms with Gasteiger partial charge in [0.05, 0.1) is 5.69 Å². The largest absolute Gasteiger partial charge is 0.341 e. The highest BCUT2D eigenvalue weighted by Crippen LogP contribution is 2.25. The number of piperidine rings is 1. The lowest BCUT2D eigenvalue weighted by Crippen LogP contribution is -2.46. The van der Waals surface area contributed by atoms with Crippen LogP contribution in [0.2, 0.25) is 0 Å². The van der Waals surface area contributed by atoms with Crippen LogP contribution in [-0.2, 0) is 11.3 Å². The molecule has 0 radical (unpaired) electrons. The van der Waals surface area contributed by atoms with Gasteiger partial charge < -0.3 is 4.90 Å². The van der Waals surface area contributed by atoms with Gasteiger partial charge >= 0.3 is 0 Å². The molecule has 6 heteroatoms. The number of carbonyl (C=O) groups is 1. The molecule has 1 aromatic rings. The Morgan fingerprint density at radius 1 is 1.23 bits per heavy atom. The number of pyridine rings is 1. The molecule has 0 N–H and O–H groups in total.